The lowest BCUT2D eigenvalue weighted by Gasteiger charge is -2.24. The molecule has 1 fully saturated rings. The van der Waals surface area contributed by atoms with E-state index in [4.69, 9.17) is 5.73 Å². The summed E-state index contributed by atoms with van der Waals surface area (Å²) in [4.78, 5) is 0. The maximum atomic E-state index is 13.3. The minimum Gasteiger partial charge on any atom is -0.329 e. The van der Waals surface area contributed by atoms with Crippen LogP contribution in [0.2, 0.25) is 0 Å². The van der Waals surface area contributed by atoms with Crippen molar-refractivity contribution in [1.82, 2.24) is 5.32 Å². The number of hydrogen-bond donors (Lipinski definition) is 2. The zero-order chi connectivity index (χ0) is 13.7. The lowest BCUT2D eigenvalue weighted by molar-refractivity contribution is 0.402. The fourth-order valence-corrected chi connectivity index (χ4v) is 2.92. The van der Waals surface area contributed by atoms with E-state index < -0.39 is 0 Å². The molecule has 1 aliphatic rings. The summed E-state index contributed by atoms with van der Waals surface area (Å²) in [7, 11) is 0. The molecule has 3 N–H and O–H groups in total. The summed E-state index contributed by atoms with van der Waals surface area (Å²) in [6.45, 7) is 2.36. The van der Waals surface area contributed by atoms with Gasteiger partial charge in [-0.3, -0.25) is 0 Å². The van der Waals surface area contributed by atoms with Gasteiger partial charge in [0.15, 0.2) is 0 Å². The van der Waals surface area contributed by atoms with Crippen LogP contribution in [0.25, 0.3) is 0 Å². The number of nitrogens with one attached hydrogen (secondary N) is 1. The first-order valence-corrected chi connectivity index (χ1v) is 7.43. The van der Waals surface area contributed by atoms with E-state index in [9.17, 15) is 4.39 Å². The van der Waals surface area contributed by atoms with Crippen molar-refractivity contribution in [3.05, 3.63) is 35.1 Å². The van der Waals surface area contributed by atoms with Crippen molar-refractivity contribution in [2.45, 2.75) is 57.5 Å². The smallest absolute Gasteiger partial charge is 0.126 e. The topological polar surface area (TPSA) is 38.0 Å². The molecule has 19 heavy (non-hydrogen) atoms. The zero-order valence-electron chi connectivity index (χ0n) is 11.8. The third-order valence-electron chi connectivity index (χ3n) is 4.11. The van der Waals surface area contributed by atoms with Crippen LogP contribution in [0.1, 0.15) is 55.7 Å². The van der Waals surface area contributed by atoms with E-state index in [1.165, 1.54) is 38.5 Å². The molecular formula is C16H25FN2. The van der Waals surface area contributed by atoms with Gasteiger partial charge in [0.1, 0.15) is 5.82 Å². The van der Waals surface area contributed by atoms with Gasteiger partial charge in [0.05, 0.1) is 0 Å². The van der Waals surface area contributed by atoms with Crippen LogP contribution in [0, 0.1) is 12.7 Å². The van der Waals surface area contributed by atoms with Gasteiger partial charge in [-0.2, -0.15) is 0 Å². The predicted octanol–water partition coefficient (Wildman–Crippen LogP) is 3.45. The van der Waals surface area contributed by atoms with Gasteiger partial charge in [-0.1, -0.05) is 37.8 Å². The lowest BCUT2D eigenvalue weighted by Crippen LogP contribution is -2.36. The molecule has 0 spiro atoms. The van der Waals surface area contributed by atoms with E-state index in [0.29, 0.717) is 18.2 Å². The summed E-state index contributed by atoms with van der Waals surface area (Å²) < 4.78 is 13.3. The third-order valence-corrected chi connectivity index (χ3v) is 4.11. The molecule has 0 bridgehead atoms. The van der Waals surface area contributed by atoms with Crippen molar-refractivity contribution in [3.8, 4) is 0 Å². The van der Waals surface area contributed by atoms with Crippen molar-refractivity contribution in [2.75, 3.05) is 6.54 Å². The second kappa shape index (κ2) is 7.01. The van der Waals surface area contributed by atoms with Crippen LogP contribution in [0.15, 0.2) is 18.2 Å². The van der Waals surface area contributed by atoms with Crippen molar-refractivity contribution < 1.29 is 4.39 Å². The number of benzene rings is 1. The Bertz CT molecular complexity index is 398. The molecule has 0 aliphatic heterocycles. The Kier molecular flexibility index (Phi) is 5.34. The molecule has 1 aliphatic carbocycles. The standard InChI is InChI=1S/C16H25FN2/c1-12-10-13(8-9-15(12)17)16(11-18)19-14-6-4-2-3-5-7-14/h8-10,14,16,19H,2-7,11,18H2,1H3. The normalized spacial score (nSPS) is 19.1. The molecule has 0 radical (unpaired) electrons. The molecule has 1 atom stereocenters. The average molecular weight is 264 g/mol. The maximum absolute atomic E-state index is 13.3. The van der Waals surface area contributed by atoms with Gasteiger partial charge in [-0.05, 0) is 37.0 Å². The molecule has 0 heterocycles. The van der Waals surface area contributed by atoms with Gasteiger partial charge in [0.2, 0.25) is 0 Å². The largest absolute Gasteiger partial charge is 0.329 e. The second-order valence-electron chi connectivity index (χ2n) is 5.65. The molecule has 3 heteroatoms. The van der Waals surface area contributed by atoms with E-state index in [1.54, 1.807) is 13.0 Å². The van der Waals surface area contributed by atoms with Gasteiger partial charge in [0.25, 0.3) is 0 Å². The van der Waals surface area contributed by atoms with Crippen LogP contribution in [-0.4, -0.2) is 12.6 Å². The quantitative estimate of drug-likeness (QED) is 0.817. The fourth-order valence-electron chi connectivity index (χ4n) is 2.92. The Morgan fingerprint density at radius 2 is 1.95 bits per heavy atom. The molecule has 1 unspecified atom stereocenters. The SMILES string of the molecule is Cc1cc(C(CN)NC2CCCCCC2)ccc1F. The summed E-state index contributed by atoms with van der Waals surface area (Å²) in [5.74, 6) is -0.144. The van der Waals surface area contributed by atoms with Crippen LogP contribution in [0.3, 0.4) is 0 Å². The number of rotatable bonds is 4. The lowest BCUT2D eigenvalue weighted by atomic mass is 10.0. The summed E-state index contributed by atoms with van der Waals surface area (Å²) in [5.41, 5.74) is 7.69. The van der Waals surface area contributed by atoms with Gasteiger partial charge < -0.3 is 11.1 Å². The Hall–Kier alpha value is -0.930. The maximum Gasteiger partial charge on any atom is 0.126 e. The fraction of sp³-hybridized carbons (Fsp3) is 0.625. The van der Waals surface area contributed by atoms with Crippen molar-refractivity contribution in [1.29, 1.82) is 0 Å². The third kappa shape index (κ3) is 4.02. The first kappa shape index (κ1) is 14.5. The van der Waals surface area contributed by atoms with Crippen LogP contribution in [0.4, 0.5) is 4.39 Å². The van der Waals surface area contributed by atoms with E-state index in [0.717, 1.165) is 5.56 Å². The first-order valence-electron chi connectivity index (χ1n) is 7.43. The molecule has 1 saturated carbocycles. The monoisotopic (exact) mass is 264 g/mol. The summed E-state index contributed by atoms with van der Waals surface area (Å²) >= 11 is 0. The molecule has 106 valence electrons. The number of aryl methyl sites for hydroxylation is 1. The van der Waals surface area contributed by atoms with E-state index >= 15 is 0 Å². The number of hydrogen-bond acceptors (Lipinski definition) is 2. The number of halogens is 1. The zero-order valence-corrected chi connectivity index (χ0v) is 11.8. The minimum atomic E-state index is -0.144. The Balaban J connectivity index is 2.03. The molecule has 2 rings (SSSR count). The van der Waals surface area contributed by atoms with Crippen LogP contribution >= 0.6 is 0 Å². The van der Waals surface area contributed by atoms with E-state index in [-0.39, 0.29) is 11.9 Å². The highest BCUT2D eigenvalue weighted by atomic mass is 19.1. The molecule has 1 aromatic rings. The summed E-state index contributed by atoms with van der Waals surface area (Å²) in [6, 6.07) is 6.01. The van der Waals surface area contributed by atoms with Gasteiger partial charge >= 0.3 is 0 Å². The van der Waals surface area contributed by atoms with Crippen LogP contribution < -0.4 is 11.1 Å². The Morgan fingerprint density at radius 1 is 1.26 bits per heavy atom. The van der Waals surface area contributed by atoms with Crippen LogP contribution in [0.5, 0.6) is 0 Å². The molecule has 0 aromatic heterocycles. The van der Waals surface area contributed by atoms with E-state index in [2.05, 4.69) is 5.32 Å². The number of nitrogens with two attached hydrogens (primary N) is 1. The minimum absolute atomic E-state index is 0.141. The van der Waals surface area contributed by atoms with Crippen molar-refractivity contribution in [3.63, 3.8) is 0 Å². The molecule has 1 aromatic carbocycles. The Morgan fingerprint density at radius 3 is 2.53 bits per heavy atom. The second-order valence-corrected chi connectivity index (χ2v) is 5.65. The Labute approximate surface area is 115 Å². The van der Waals surface area contributed by atoms with Gasteiger partial charge in [-0.25, -0.2) is 4.39 Å². The van der Waals surface area contributed by atoms with Crippen LogP contribution in [-0.2, 0) is 0 Å². The molecular weight excluding hydrogens is 239 g/mol. The highest BCUT2D eigenvalue weighted by molar-refractivity contribution is 5.26. The van der Waals surface area contributed by atoms with E-state index in [1.807, 2.05) is 12.1 Å². The van der Waals surface area contributed by atoms with Crippen molar-refractivity contribution >= 4 is 0 Å². The molecule has 0 saturated heterocycles. The molecule has 2 nitrogen and oxygen atoms in total. The van der Waals surface area contributed by atoms with Crippen molar-refractivity contribution in [2.24, 2.45) is 5.73 Å². The first-order chi connectivity index (χ1) is 9.20. The highest BCUT2D eigenvalue weighted by Gasteiger charge is 2.17. The molecule has 0 amide bonds. The summed E-state index contributed by atoms with van der Waals surface area (Å²) in [6.07, 6.45) is 7.77. The highest BCUT2D eigenvalue weighted by Crippen LogP contribution is 2.22. The average Bonchev–Trinajstić information content (AvgIpc) is 2.68. The van der Waals surface area contributed by atoms with Gasteiger partial charge in [0, 0.05) is 18.6 Å². The predicted molar refractivity (Wildman–Crippen MR) is 77.6 cm³/mol. The van der Waals surface area contributed by atoms with Gasteiger partial charge in [-0.15, -0.1) is 0 Å². The summed E-state index contributed by atoms with van der Waals surface area (Å²) in [5, 5.41) is 3.66.